The highest BCUT2D eigenvalue weighted by Gasteiger charge is 2.38. The van der Waals surface area contributed by atoms with Crippen LogP contribution in [0, 0.1) is 0 Å². The molecule has 0 aliphatic heterocycles. The molecule has 0 unspecified atom stereocenters. The van der Waals surface area contributed by atoms with Gasteiger partial charge in [-0.25, -0.2) is 0 Å². The molecule has 15 heavy (non-hydrogen) atoms. The van der Waals surface area contributed by atoms with Gasteiger partial charge in [0.2, 0.25) is 0 Å². The Kier molecular flexibility index (Phi) is 6.07. The topological polar surface area (TPSA) is 29.5 Å². The molecular weight excluding hydrogens is 204 g/mol. The molecule has 0 aromatic rings. The van der Waals surface area contributed by atoms with Crippen molar-refractivity contribution in [3.05, 3.63) is 0 Å². The lowest BCUT2D eigenvalue weighted by Crippen LogP contribution is -2.43. The zero-order valence-electron chi connectivity index (χ0n) is 11.3. The lowest BCUT2D eigenvalue weighted by atomic mass is 10.2. The van der Waals surface area contributed by atoms with Crippen molar-refractivity contribution < 1.29 is 9.53 Å². The largest absolute Gasteiger partial charge is 0.414 e. The van der Waals surface area contributed by atoms with Crippen molar-refractivity contribution in [1.29, 1.82) is 0 Å². The fraction of sp³-hybridized carbons (Fsp3) is 1.00. The zero-order valence-corrected chi connectivity index (χ0v) is 12.3. The van der Waals surface area contributed by atoms with E-state index in [1.165, 1.54) is 0 Å². The van der Waals surface area contributed by atoms with Crippen LogP contribution in [0.1, 0.15) is 47.0 Å². The molecule has 0 spiro atoms. The van der Waals surface area contributed by atoms with Crippen LogP contribution in [0.25, 0.3) is 0 Å². The van der Waals surface area contributed by atoms with E-state index in [0.29, 0.717) is 12.7 Å². The number of aliphatic hydroxyl groups excluding tert-OH is 1. The van der Waals surface area contributed by atoms with Gasteiger partial charge in [0, 0.05) is 12.7 Å². The summed E-state index contributed by atoms with van der Waals surface area (Å²) in [5, 5.41) is 9.00. The standard InChI is InChI=1S/C12H28O2Si/c1-11(9-7-8-10-13)14-15(5,6)12(2,3)4/h11,13H,7-10H2,1-6H3/t11-/m1/s1. The minimum Gasteiger partial charge on any atom is -0.414 e. The van der Waals surface area contributed by atoms with Gasteiger partial charge in [-0.2, -0.15) is 0 Å². The van der Waals surface area contributed by atoms with Gasteiger partial charge in [-0.05, 0) is 44.3 Å². The first-order valence-corrected chi connectivity index (χ1v) is 8.90. The molecular formula is C12H28O2Si. The molecule has 0 aromatic heterocycles. The summed E-state index contributed by atoms with van der Waals surface area (Å²) in [6.45, 7) is 13.8. The second kappa shape index (κ2) is 6.02. The van der Waals surface area contributed by atoms with Gasteiger partial charge in [0.05, 0.1) is 0 Å². The molecule has 2 nitrogen and oxygen atoms in total. The average molecular weight is 232 g/mol. The Bertz CT molecular complexity index is 173. The fourth-order valence-electron chi connectivity index (χ4n) is 1.28. The quantitative estimate of drug-likeness (QED) is 0.560. The zero-order chi connectivity index (χ0) is 12.1. The minimum absolute atomic E-state index is 0.290. The van der Waals surface area contributed by atoms with E-state index >= 15 is 0 Å². The predicted molar refractivity (Wildman–Crippen MR) is 68.7 cm³/mol. The smallest absolute Gasteiger partial charge is 0.192 e. The van der Waals surface area contributed by atoms with Gasteiger partial charge >= 0.3 is 0 Å². The monoisotopic (exact) mass is 232 g/mol. The maximum atomic E-state index is 8.71. The van der Waals surface area contributed by atoms with Crippen molar-refractivity contribution in [2.75, 3.05) is 6.61 Å². The van der Waals surface area contributed by atoms with Crippen LogP contribution in [-0.4, -0.2) is 26.1 Å². The molecule has 0 aliphatic rings. The molecule has 3 heteroatoms. The van der Waals surface area contributed by atoms with E-state index in [1.807, 2.05) is 0 Å². The molecule has 0 amide bonds. The Hall–Kier alpha value is 0.137. The van der Waals surface area contributed by atoms with Gasteiger partial charge in [-0.1, -0.05) is 20.8 Å². The van der Waals surface area contributed by atoms with E-state index in [1.54, 1.807) is 0 Å². The van der Waals surface area contributed by atoms with Crippen molar-refractivity contribution >= 4 is 8.32 Å². The van der Waals surface area contributed by atoms with E-state index in [0.717, 1.165) is 19.3 Å². The van der Waals surface area contributed by atoms with Crippen LogP contribution in [-0.2, 0) is 4.43 Å². The summed E-state index contributed by atoms with van der Waals surface area (Å²) in [5.41, 5.74) is 0. The first kappa shape index (κ1) is 15.1. The fourth-order valence-corrected chi connectivity index (χ4v) is 2.76. The van der Waals surface area contributed by atoms with Crippen LogP contribution in [0.5, 0.6) is 0 Å². The molecule has 0 radical (unpaired) electrons. The van der Waals surface area contributed by atoms with Crippen molar-refractivity contribution in [3.63, 3.8) is 0 Å². The summed E-state index contributed by atoms with van der Waals surface area (Å²) < 4.78 is 6.21. The normalized spacial score (nSPS) is 15.4. The third kappa shape index (κ3) is 5.69. The van der Waals surface area contributed by atoms with E-state index in [9.17, 15) is 0 Å². The lowest BCUT2D eigenvalue weighted by molar-refractivity contribution is 0.180. The minimum atomic E-state index is -1.59. The Morgan fingerprint density at radius 1 is 1.20 bits per heavy atom. The van der Waals surface area contributed by atoms with Gasteiger partial charge in [0.25, 0.3) is 0 Å². The van der Waals surface area contributed by atoms with Gasteiger partial charge < -0.3 is 9.53 Å². The van der Waals surface area contributed by atoms with Crippen LogP contribution >= 0.6 is 0 Å². The van der Waals surface area contributed by atoms with Crippen LogP contribution in [0.15, 0.2) is 0 Å². The van der Waals surface area contributed by atoms with Crippen LogP contribution in [0.3, 0.4) is 0 Å². The molecule has 0 aromatic carbocycles. The summed E-state index contributed by atoms with van der Waals surface area (Å²) in [4.78, 5) is 0. The van der Waals surface area contributed by atoms with Crippen molar-refractivity contribution in [3.8, 4) is 0 Å². The second-order valence-corrected chi connectivity index (χ2v) is 10.7. The number of aliphatic hydroxyl groups is 1. The second-order valence-electron chi connectivity index (χ2n) is 5.91. The number of rotatable bonds is 6. The SMILES string of the molecule is C[C@H](CCCCO)O[Si](C)(C)C(C)(C)C. The average Bonchev–Trinajstić information content (AvgIpc) is 2.01. The summed E-state index contributed by atoms with van der Waals surface area (Å²) in [7, 11) is -1.59. The van der Waals surface area contributed by atoms with E-state index in [4.69, 9.17) is 9.53 Å². The first-order valence-electron chi connectivity index (χ1n) is 5.99. The first-order chi connectivity index (χ1) is 6.70. The number of unbranched alkanes of at least 4 members (excludes halogenated alkanes) is 1. The highest BCUT2D eigenvalue weighted by molar-refractivity contribution is 6.74. The Morgan fingerprint density at radius 3 is 2.13 bits per heavy atom. The van der Waals surface area contributed by atoms with Gasteiger partial charge in [-0.3, -0.25) is 0 Å². The molecule has 0 saturated heterocycles. The van der Waals surface area contributed by atoms with E-state index in [-0.39, 0.29) is 5.04 Å². The molecule has 1 N–H and O–H groups in total. The number of hydrogen-bond donors (Lipinski definition) is 1. The maximum absolute atomic E-state index is 8.71. The lowest BCUT2D eigenvalue weighted by Gasteiger charge is -2.38. The Morgan fingerprint density at radius 2 is 1.73 bits per heavy atom. The summed E-state index contributed by atoms with van der Waals surface area (Å²) in [6, 6.07) is 0. The molecule has 0 aliphatic carbocycles. The molecule has 0 bridgehead atoms. The van der Waals surface area contributed by atoms with E-state index < -0.39 is 8.32 Å². The summed E-state index contributed by atoms with van der Waals surface area (Å²) in [6.07, 6.45) is 3.35. The third-order valence-electron chi connectivity index (χ3n) is 3.32. The van der Waals surface area contributed by atoms with Crippen molar-refractivity contribution in [2.24, 2.45) is 0 Å². The highest BCUT2D eigenvalue weighted by Crippen LogP contribution is 2.37. The van der Waals surface area contributed by atoms with Gasteiger partial charge in [0.1, 0.15) is 0 Å². The molecule has 0 fully saturated rings. The number of hydrogen-bond acceptors (Lipinski definition) is 2. The maximum Gasteiger partial charge on any atom is 0.192 e. The Labute approximate surface area is 96.2 Å². The molecule has 1 atom stereocenters. The molecule has 0 rings (SSSR count). The van der Waals surface area contributed by atoms with Crippen LogP contribution in [0.4, 0.5) is 0 Å². The highest BCUT2D eigenvalue weighted by atomic mass is 28.4. The third-order valence-corrected chi connectivity index (χ3v) is 7.92. The molecule has 0 heterocycles. The Balaban J connectivity index is 3.99. The van der Waals surface area contributed by atoms with Crippen molar-refractivity contribution in [1.82, 2.24) is 0 Å². The van der Waals surface area contributed by atoms with E-state index in [2.05, 4.69) is 40.8 Å². The summed E-state index contributed by atoms with van der Waals surface area (Å²) >= 11 is 0. The van der Waals surface area contributed by atoms with Crippen molar-refractivity contribution in [2.45, 2.75) is 71.2 Å². The van der Waals surface area contributed by atoms with Crippen LogP contribution < -0.4 is 0 Å². The summed E-state index contributed by atoms with van der Waals surface area (Å²) in [5.74, 6) is 0. The molecule has 0 saturated carbocycles. The predicted octanol–water partition coefficient (Wildman–Crippen LogP) is 3.56. The molecule has 92 valence electrons. The van der Waals surface area contributed by atoms with Gasteiger partial charge in [-0.15, -0.1) is 0 Å². The van der Waals surface area contributed by atoms with Gasteiger partial charge in [0.15, 0.2) is 8.32 Å². The van der Waals surface area contributed by atoms with Crippen LogP contribution in [0.2, 0.25) is 18.1 Å².